The van der Waals surface area contributed by atoms with Gasteiger partial charge >= 0.3 is 0 Å². The van der Waals surface area contributed by atoms with Crippen LogP contribution >= 0.6 is 0 Å². The van der Waals surface area contributed by atoms with Crippen molar-refractivity contribution in [2.24, 2.45) is 4.99 Å². The first-order valence-corrected chi connectivity index (χ1v) is 3.18. The number of aryl methyl sites for hydroxylation is 1. The molecule has 56 valence electrons. The van der Waals surface area contributed by atoms with Crippen molar-refractivity contribution in [2.75, 3.05) is 5.73 Å². The van der Waals surface area contributed by atoms with Crippen LogP contribution in [0.1, 0.15) is 5.56 Å². The standard InChI is InChI=1S/C8H8N2O/c1-6-2-3-7(10-5-11)4-8(6)9/h2-4H,9H2,1H3. The normalized spacial score (nSPS) is 8.82. The number of rotatable bonds is 1. The molecule has 0 heterocycles. The minimum atomic E-state index is 0.545. The first-order chi connectivity index (χ1) is 5.24. The molecule has 0 aliphatic rings. The summed E-state index contributed by atoms with van der Waals surface area (Å²) in [5.41, 5.74) is 7.73. The molecule has 1 aromatic carbocycles. The third-order valence-corrected chi connectivity index (χ3v) is 1.44. The summed E-state index contributed by atoms with van der Waals surface area (Å²) in [7, 11) is 0. The maximum atomic E-state index is 9.84. The number of hydrogen-bond donors (Lipinski definition) is 1. The monoisotopic (exact) mass is 148 g/mol. The number of benzene rings is 1. The molecule has 0 aromatic heterocycles. The van der Waals surface area contributed by atoms with Gasteiger partial charge in [0.15, 0.2) is 0 Å². The van der Waals surface area contributed by atoms with Gasteiger partial charge in [0.05, 0.1) is 5.69 Å². The Hall–Kier alpha value is -1.60. The van der Waals surface area contributed by atoms with Gasteiger partial charge in [0.1, 0.15) is 0 Å². The second-order valence-electron chi connectivity index (χ2n) is 2.24. The predicted molar refractivity (Wildman–Crippen MR) is 43.4 cm³/mol. The second-order valence-corrected chi connectivity index (χ2v) is 2.24. The van der Waals surface area contributed by atoms with Gasteiger partial charge in [-0.3, -0.25) is 0 Å². The Morgan fingerprint density at radius 1 is 1.55 bits per heavy atom. The van der Waals surface area contributed by atoms with Gasteiger partial charge in [0, 0.05) is 5.69 Å². The molecular formula is C8H8N2O. The average Bonchev–Trinajstić information content (AvgIpc) is 1.98. The molecule has 11 heavy (non-hydrogen) atoms. The molecule has 0 atom stereocenters. The van der Waals surface area contributed by atoms with Gasteiger partial charge in [-0.25, -0.2) is 4.79 Å². The van der Waals surface area contributed by atoms with Crippen molar-refractivity contribution in [1.29, 1.82) is 0 Å². The molecular weight excluding hydrogens is 140 g/mol. The van der Waals surface area contributed by atoms with Gasteiger partial charge < -0.3 is 5.73 Å². The van der Waals surface area contributed by atoms with Gasteiger partial charge in [0.2, 0.25) is 6.08 Å². The number of nitrogen functional groups attached to an aromatic ring is 1. The lowest BCUT2D eigenvalue weighted by Gasteiger charge is -1.97. The Morgan fingerprint density at radius 2 is 2.27 bits per heavy atom. The summed E-state index contributed by atoms with van der Waals surface area (Å²) in [5, 5.41) is 0. The van der Waals surface area contributed by atoms with Gasteiger partial charge in [-0.05, 0) is 24.6 Å². The van der Waals surface area contributed by atoms with Crippen molar-refractivity contribution in [3.8, 4) is 0 Å². The third-order valence-electron chi connectivity index (χ3n) is 1.44. The highest BCUT2D eigenvalue weighted by atomic mass is 16.1. The molecule has 2 N–H and O–H groups in total. The van der Waals surface area contributed by atoms with Crippen molar-refractivity contribution in [3.63, 3.8) is 0 Å². The summed E-state index contributed by atoms with van der Waals surface area (Å²) in [6, 6.07) is 5.17. The Morgan fingerprint density at radius 3 is 2.82 bits per heavy atom. The van der Waals surface area contributed by atoms with Crippen molar-refractivity contribution in [3.05, 3.63) is 23.8 Å². The van der Waals surface area contributed by atoms with Crippen LogP contribution in [0.25, 0.3) is 0 Å². The molecule has 0 fully saturated rings. The molecule has 0 unspecified atom stereocenters. The zero-order valence-electron chi connectivity index (χ0n) is 6.16. The molecule has 1 aromatic rings. The molecule has 0 saturated carbocycles. The van der Waals surface area contributed by atoms with Crippen LogP contribution in [0.15, 0.2) is 23.2 Å². The van der Waals surface area contributed by atoms with Crippen LogP contribution < -0.4 is 5.73 Å². The first-order valence-electron chi connectivity index (χ1n) is 3.18. The summed E-state index contributed by atoms with van der Waals surface area (Å²) in [4.78, 5) is 13.3. The quantitative estimate of drug-likeness (QED) is 0.373. The molecule has 1 rings (SSSR count). The van der Waals surface area contributed by atoms with E-state index >= 15 is 0 Å². The molecule has 0 saturated heterocycles. The number of aliphatic imine (C=N–C) groups is 1. The summed E-state index contributed by atoms with van der Waals surface area (Å²) in [6.07, 6.45) is 1.45. The Labute approximate surface area is 64.6 Å². The molecule has 0 spiro atoms. The largest absolute Gasteiger partial charge is 0.398 e. The van der Waals surface area contributed by atoms with Crippen molar-refractivity contribution in [2.45, 2.75) is 6.92 Å². The molecule has 0 amide bonds. The fourth-order valence-electron chi connectivity index (χ4n) is 0.750. The molecule has 0 aliphatic heterocycles. The Balaban J connectivity index is 3.14. The summed E-state index contributed by atoms with van der Waals surface area (Å²) in [6.45, 7) is 1.89. The van der Waals surface area contributed by atoms with E-state index in [-0.39, 0.29) is 0 Å². The fourth-order valence-corrected chi connectivity index (χ4v) is 0.750. The first kappa shape index (κ1) is 7.51. The zero-order valence-corrected chi connectivity index (χ0v) is 6.16. The number of nitrogens with zero attached hydrogens (tertiary/aromatic N) is 1. The fraction of sp³-hybridized carbons (Fsp3) is 0.125. The van der Waals surface area contributed by atoms with Crippen LogP contribution in [0.4, 0.5) is 11.4 Å². The van der Waals surface area contributed by atoms with E-state index in [1.54, 1.807) is 12.1 Å². The lowest BCUT2D eigenvalue weighted by molar-refractivity contribution is 0.565. The lowest BCUT2D eigenvalue weighted by Crippen LogP contribution is -1.87. The maximum absolute atomic E-state index is 9.84. The number of carbonyl (C=O) groups excluding carboxylic acids is 1. The van der Waals surface area contributed by atoms with Crippen LogP contribution in [-0.4, -0.2) is 6.08 Å². The van der Waals surface area contributed by atoms with Crippen molar-refractivity contribution >= 4 is 17.5 Å². The van der Waals surface area contributed by atoms with E-state index in [0.717, 1.165) is 5.56 Å². The smallest absolute Gasteiger partial charge is 0.240 e. The predicted octanol–water partition coefficient (Wildman–Crippen LogP) is 1.54. The van der Waals surface area contributed by atoms with E-state index in [4.69, 9.17) is 5.73 Å². The number of hydrogen-bond acceptors (Lipinski definition) is 3. The van der Waals surface area contributed by atoms with E-state index in [0.29, 0.717) is 11.4 Å². The number of isocyanates is 1. The van der Waals surface area contributed by atoms with Crippen molar-refractivity contribution < 1.29 is 4.79 Å². The van der Waals surface area contributed by atoms with Crippen LogP contribution in [0.2, 0.25) is 0 Å². The van der Waals surface area contributed by atoms with Crippen molar-refractivity contribution in [1.82, 2.24) is 0 Å². The van der Waals surface area contributed by atoms with E-state index in [1.807, 2.05) is 13.0 Å². The highest BCUT2D eigenvalue weighted by Gasteiger charge is 1.93. The molecule has 0 aliphatic carbocycles. The van der Waals surface area contributed by atoms with Gasteiger partial charge in [-0.2, -0.15) is 4.99 Å². The van der Waals surface area contributed by atoms with Crippen LogP contribution in [-0.2, 0) is 4.79 Å². The SMILES string of the molecule is Cc1ccc(N=C=O)cc1N. The molecule has 0 radical (unpaired) electrons. The van der Waals surface area contributed by atoms with E-state index in [1.165, 1.54) is 6.08 Å². The minimum Gasteiger partial charge on any atom is -0.398 e. The number of anilines is 1. The minimum absolute atomic E-state index is 0.545. The number of nitrogens with two attached hydrogens (primary N) is 1. The average molecular weight is 148 g/mol. The second kappa shape index (κ2) is 2.99. The van der Waals surface area contributed by atoms with Crippen LogP contribution in [0.5, 0.6) is 0 Å². The topological polar surface area (TPSA) is 55.5 Å². The summed E-state index contributed by atoms with van der Waals surface area (Å²) >= 11 is 0. The van der Waals surface area contributed by atoms with Gasteiger partial charge in [-0.15, -0.1) is 0 Å². The van der Waals surface area contributed by atoms with E-state index in [2.05, 4.69) is 4.99 Å². The maximum Gasteiger partial charge on any atom is 0.240 e. The van der Waals surface area contributed by atoms with Crippen LogP contribution in [0, 0.1) is 6.92 Å². The van der Waals surface area contributed by atoms with E-state index < -0.39 is 0 Å². The molecule has 3 nitrogen and oxygen atoms in total. The highest BCUT2D eigenvalue weighted by molar-refractivity contribution is 5.58. The van der Waals surface area contributed by atoms with Gasteiger partial charge in [0.25, 0.3) is 0 Å². The summed E-state index contributed by atoms with van der Waals surface area (Å²) < 4.78 is 0. The molecule has 0 bridgehead atoms. The lowest BCUT2D eigenvalue weighted by atomic mass is 10.2. The van der Waals surface area contributed by atoms with Crippen LogP contribution in [0.3, 0.4) is 0 Å². The zero-order chi connectivity index (χ0) is 8.27. The van der Waals surface area contributed by atoms with E-state index in [9.17, 15) is 4.79 Å². The summed E-state index contributed by atoms with van der Waals surface area (Å²) in [5.74, 6) is 0. The highest BCUT2D eigenvalue weighted by Crippen LogP contribution is 2.18. The van der Waals surface area contributed by atoms with Gasteiger partial charge in [-0.1, -0.05) is 6.07 Å². The Bertz CT molecular complexity index is 314. The Kier molecular flexibility index (Phi) is 2.04. The third kappa shape index (κ3) is 1.66. The molecule has 3 heteroatoms.